The fourth-order valence-electron chi connectivity index (χ4n) is 2.00. The number of fused-ring (bicyclic) bond motifs is 1. The lowest BCUT2D eigenvalue weighted by Gasteiger charge is -2.19. The van der Waals surface area contributed by atoms with Crippen molar-refractivity contribution < 1.29 is 9.90 Å². The second-order valence-corrected chi connectivity index (χ2v) is 4.32. The van der Waals surface area contributed by atoms with Gasteiger partial charge in [-0.1, -0.05) is 43.7 Å². The van der Waals surface area contributed by atoms with Gasteiger partial charge in [-0.3, -0.25) is 4.90 Å². The highest BCUT2D eigenvalue weighted by Crippen LogP contribution is 2.22. The highest BCUT2D eigenvalue weighted by molar-refractivity contribution is 5.92. The summed E-state index contributed by atoms with van der Waals surface area (Å²) in [6.45, 7) is 2.60. The van der Waals surface area contributed by atoms with Crippen LogP contribution in [0.15, 0.2) is 42.5 Å². The van der Waals surface area contributed by atoms with Crippen molar-refractivity contribution in [2.45, 2.75) is 19.8 Å². The van der Waals surface area contributed by atoms with Crippen molar-refractivity contribution in [2.75, 3.05) is 11.4 Å². The molecular formula is C15H17NO2. The second kappa shape index (κ2) is 5.54. The molecule has 0 saturated heterocycles. The van der Waals surface area contributed by atoms with Crippen LogP contribution in [0.3, 0.4) is 0 Å². The Bertz CT molecular complexity index is 551. The molecule has 94 valence electrons. The van der Waals surface area contributed by atoms with Gasteiger partial charge in [0.15, 0.2) is 0 Å². The Morgan fingerprint density at radius 3 is 2.56 bits per heavy atom. The molecule has 0 aliphatic rings. The number of hydrogen-bond donors (Lipinski definition) is 1. The minimum absolute atomic E-state index is 0.546. The second-order valence-electron chi connectivity index (χ2n) is 4.32. The third-order valence-electron chi connectivity index (χ3n) is 3.01. The monoisotopic (exact) mass is 243 g/mol. The molecule has 2 rings (SSSR count). The molecule has 0 aromatic heterocycles. The Morgan fingerprint density at radius 2 is 1.89 bits per heavy atom. The average Bonchev–Trinajstić information content (AvgIpc) is 2.38. The van der Waals surface area contributed by atoms with Crippen molar-refractivity contribution in [3.05, 3.63) is 42.5 Å². The van der Waals surface area contributed by atoms with Gasteiger partial charge in [-0.05, 0) is 29.3 Å². The third-order valence-corrected chi connectivity index (χ3v) is 3.01. The topological polar surface area (TPSA) is 40.5 Å². The zero-order chi connectivity index (χ0) is 13.0. The number of amides is 1. The number of hydrogen-bond acceptors (Lipinski definition) is 1. The minimum Gasteiger partial charge on any atom is -0.465 e. The Hall–Kier alpha value is -2.03. The number of benzene rings is 2. The van der Waals surface area contributed by atoms with Gasteiger partial charge >= 0.3 is 6.09 Å². The first-order valence-corrected chi connectivity index (χ1v) is 6.21. The Labute approximate surface area is 107 Å². The lowest BCUT2D eigenvalue weighted by atomic mass is 10.1. The lowest BCUT2D eigenvalue weighted by molar-refractivity contribution is 0.201. The highest BCUT2D eigenvalue weighted by atomic mass is 16.4. The van der Waals surface area contributed by atoms with Gasteiger partial charge in [0.05, 0.1) is 0 Å². The molecule has 2 aromatic rings. The molecule has 3 heteroatoms. The van der Waals surface area contributed by atoms with Gasteiger partial charge in [-0.25, -0.2) is 4.79 Å². The van der Waals surface area contributed by atoms with Crippen molar-refractivity contribution in [1.29, 1.82) is 0 Å². The van der Waals surface area contributed by atoms with E-state index in [1.807, 2.05) is 42.5 Å². The van der Waals surface area contributed by atoms with Crippen LogP contribution in [0.25, 0.3) is 10.8 Å². The molecule has 0 aliphatic heterocycles. The van der Waals surface area contributed by atoms with E-state index in [1.165, 1.54) is 4.90 Å². The first kappa shape index (κ1) is 12.4. The molecule has 0 unspecified atom stereocenters. The number of anilines is 1. The summed E-state index contributed by atoms with van der Waals surface area (Å²) in [6, 6.07) is 13.7. The molecule has 0 spiro atoms. The maximum absolute atomic E-state index is 11.3. The summed E-state index contributed by atoms with van der Waals surface area (Å²) in [4.78, 5) is 12.7. The minimum atomic E-state index is -0.890. The fourth-order valence-corrected chi connectivity index (χ4v) is 2.00. The zero-order valence-electron chi connectivity index (χ0n) is 10.5. The van der Waals surface area contributed by atoms with Crippen LogP contribution in [0.2, 0.25) is 0 Å². The van der Waals surface area contributed by atoms with E-state index >= 15 is 0 Å². The Kier molecular flexibility index (Phi) is 3.82. The quantitative estimate of drug-likeness (QED) is 0.877. The van der Waals surface area contributed by atoms with E-state index in [2.05, 4.69) is 6.92 Å². The summed E-state index contributed by atoms with van der Waals surface area (Å²) in [5, 5.41) is 11.4. The van der Waals surface area contributed by atoms with Crippen LogP contribution in [-0.2, 0) is 0 Å². The van der Waals surface area contributed by atoms with Gasteiger partial charge in [-0.2, -0.15) is 0 Å². The number of carbonyl (C=O) groups is 1. The Morgan fingerprint density at radius 1 is 1.17 bits per heavy atom. The van der Waals surface area contributed by atoms with Crippen molar-refractivity contribution in [3.8, 4) is 0 Å². The zero-order valence-corrected chi connectivity index (χ0v) is 10.5. The molecule has 0 atom stereocenters. The molecule has 0 saturated carbocycles. The van der Waals surface area contributed by atoms with Crippen LogP contribution >= 0.6 is 0 Å². The van der Waals surface area contributed by atoms with Crippen LogP contribution in [-0.4, -0.2) is 17.7 Å². The average molecular weight is 243 g/mol. The van der Waals surface area contributed by atoms with E-state index in [9.17, 15) is 9.90 Å². The standard InChI is InChI=1S/C15H17NO2/c1-2-3-10-16(15(17)18)14-9-8-12-6-4-5-7-13(12)11-14/h4-9,11H,2-3,10H2,1H3,(H,17,18). The summed E-state index contributed by atoms with van der Waals surface area (Å²) in [5.74, 6) is 0. The molecule has 18 heavy (non-hydrogen) atoms. The van der Waals surface area contributed by atoms with Crippen LogP contribution in [0, 0.1) is 0 Å². The lowest BCUT2D eigenvalue weighted by Crippen LogP contribution is -2.30. The van der Waals surface area contributed by atoms with E-state index in [1.54, 1.807) is 0 Å². The molecule has 0 radical (unpaired) electrons. The summed E-state index contributed by atoms with van der Waals surface area (Å²) < 4.78 is 0. The Balaban J connectivity index is 2.35. The maximum Gasteiger partial charge on any atom is 0.411 e. The molecular weight excluding hydrogens is 226 g/mol. The smallest absolute Gasteiger partial charge is 0.411 e. The van der Waals surface area contributed by atoms with Gasteiger partial charge in [0.2, 0.25) is 0 Å². The first-order valence-electron chi connectivity index (χ1n) is 6.21. The van der Waals surface area contributed by atoms with Crippen LogP contribution < -0.4 is 4.90 Å². The highest BCUT2D eigenvalue weighted by Gasteiger charge is 2.13. The molecule has 1 amide bonds. The molecule has 0 heterocycles. The number of nitrogens with zero attached hydrogens (tertiary/aromatic N) is 1. The molecule has 0 aliphatic carbocycles. The fraction of sp³-hybridized carbons (Fsp3) is 0.267. The van der Waals surface area contributed by atoms with E-state index in [0.717, 1.165) is 29.3 Å². The SMILES string of the molecule is CCCCN(C(=O)O)c1ccc2ccccc2c1. The summed E-state index contributed by atoms with van der Waals surface area (Å²) in [5.41, 5.74) is 0.745. The number of rotatable bonds is 4. The summed E-state index contributed by atoms with van der Waals surface area (Å²) in [7, 11) is 0. The normalized spacial score (nSPS) is 10.5. The molecule has 1 N–H and O–H groups in total. The summed E-state index contributed by atoms with van der Waals surface area (Å²) in [6.07, 6.45) is 0.968. The molecule has 0 bridgehead atoms. The molecule has 0 fully saturated rings. The van der Waals surface area contributed by atoms with Crippen molar-refractivity contribution >= 4 is 22.6 Å². The first-order chi connectivity index (χ1) is 8.72. The van der Waals surface area contributed by atoms with Crippen molar-refractivity contribution in [2.24, 2.45) is 0 Å². The van der Waals surface area contributed by atoms with Crippen molar-refractivity contribution in [1.82, 2.24) is 0 Å². The van der Waals surface area contributed by atoms with E-state index < -0.39 is 6.09 Å². The third kappa shape index (κ3) is 2.62. The molecule has 2 aromatic carbocycles. The van der Waals surface area contributed by atoms with E-state index in [-0.39, 0.29) is 0 Å². The van der Waals surface area contributed by atoms with Gasteiger partial charge in [0, 0.05) is 12.2 Å². The molecule has 3 nitrogen and oxygen atoms in total. The van der Waals surface area contributed by atoms with Crippen LogP contribution in [0.4, 0.5) is 10.5 Å². The number of unbranched alkanes of at least 4 members (excludes halogenated alkanes) is 1. The van der Waals surface area contributed by atoms with Gasteiger partial charge in [0.1, 0.15) is 0 Å². The number of carboxylic acid groups (broad SMARTS) is 1. The predicted octanol–water partition coefficient (Wildman–Crippen LogP) is 4.12. The van der Waals surface area contributed by atoms with Gasteiger partial charge < -0.3 is 5.11 Å². The summed E-state index contributed by atoms with van der Waals surface area (Å²) >= 11 is 0. The van der Waals surface area contributed by atoms with Gasteiger partial charge in [0.25, 0.3) is 0 Å². The van der Waals surface area contributed by atoms with Crippen LogP contribution in [0.5, 0.6) is 0 Å². The largest absolute Gasteiger partial charge is 0.465 e. The van der Waals surface area contributed by atoms with Crippen LogP contribution in [0.1, 0.15) is 19.8 Å². The predicted molar refractivity (Wildman–Crippen MR) is 74.2 cm³/mol. The van der Waals surface area contributed by atoms with Crippen molar-refractivity contribution in [3.63, 3.8) is 0 Å². The van der Waals surface area contributed by atoms with E-state index in [4.69, 9.17) is 0 Å². The van der Waals surface area contributed by atoms with E-state index in [0.29, 0.717) is 6.54 Å². The van der Waals surface area contributed by atoms with Gasteiger partial charge in [-0.15, -0.1) is 0 Å². The maximum atomic E-state index is 11.3.